The Labute approximate surface area is 200 Å². The van der Waals surface area contributed by atoms with Crippen LogP contribution in [0.3, 0.4) is 0 Å². The van der Waals surface area contributed by atoms with Crippen molar-refractivity contribution < 1.29 is 38.1 Å². The molecule has 1 saturated heterocycles. The summed E-state index contributed by atoms with van der Waals surface area (Å²) >= 11 is 0. The summed E-state index contributed by atoms with van der Waals surface area (Å²) in [6, 6.07) is 8.27. The lowest BCUT2D eigenvalue weighted by atomic mass is 9.91. The maximum atomic E-state index is 13.1. The molecule has 2 rings (SSSR count). The highest BCUT2D eigenvalue weighted by Crippen LogP contribution is 2.25. The van der Waals surface area contributed by atoms with Crippen LogP contribution in [0, 0.1) is 11.8 Å². The molecule has 1 N–H and O–H groups in total. The van der Waals surface area contributed by atoms with Gasteiger partial charge < -0.3 is 24.3 Å². The summed E-state index contributed by atoms with van der Waals surface area (Å²) in [6.07, 6.45) is -2.01. The first-order chi connectivity index (χ1) is 15.9. The van der Waals surface area contributed by atoms with Crippen molar-refractivity contribution in [1.29, 1.82) is 0 Å². The number of benzene rings is 1. The van der Waals surface area contributed by atoms with Crippen molar-refractivity contribution in [3.05, 3.63) is 35.9 Å². The molecule has 0 aliphatic carbocycles. The number of hydrogen-bond acceptors (Lipinski definition) is 8. The minimum absolute atomic E-state index is 0.310. The van der Waals surface area contributed by atoms with Gasteiger partial charge in [-0.3, -0.25) is 9.59 Å². The summed E-state index contributed by atoms with van der Waals surface area (Å²) in [6.45, 7) is 9.51. The van der Waals surface area contributed by atoms with Crippen molar-refractivity contribution in [2.75, 3.05) is 6.61 Å². The van der Waals surface area contributed by atoms with Gasteiger partial charge in [0.05, 0.1) is 11.8 Å². The second kappa shape index (κ2) is 11.9. The van der Waals surface area contributed by atoms with E-state index in [1.807, 2.05) is 30.3 Å². The van der Waals surface area contributed by atoms with Gasteiger partial charge in [-0.2, -0.15) is 0 Å². The molecule has 0 aromatic heterocycles. The first-order valence-corrected chi connectivity index (χ1v) is 11.5. The van der Waals surface area contributed by atoms with E-state index in [9.17, 15) is 19.2 Å². The van der Waals surface area contributed by atoms with Crippen LogP contribution < -0.4 is 5.32 Å². The number of alkyl carbamates (subject to hydrolysis) is 1. The summed E-state index contributed by atoms with van der Waals surface area (Å²) in [5.74, 6) is -3.29. The highest BCUT2D eigenvalue weighted by molar-refractivity contribution is 5.83. The summed E-state index contributed by atoms with van der Waals surface area (Å²) in [5.41, 5.74) is 0.216. The number of aryl methyl sites for hydroxylation is 1. The minimum atomic E-state index is -1.27. The van der Waals surface area contributed by atoms with Gasteiger partial charge in [0.2, 0.25) is 0 Å². The molecule has 4 atom stereocenters. The highest BCUT2D eigenvalue weighted by Gasteiger charge is 2.42. The maximum absolute atomic E-state index is 13.1. The third-order valence-corrected chi connectivity index (χ3v) is 5.14. The molecule has 1 heterocycles. The standard InChI is InChI=1S/C25H35NO8/c1-15(2)21(27)33-20-16(3)32-23(29)19(26-24(30)34-25(4,5)6)14-31-22(28)18(20)13-12-17-10-8-7-9-11-17/h7-11,15-16,18-20H,12-14H2,1-6H3,(H,26,30)/t16-,18+,19-,20-/m0/s1. The van der Waals surface area contributed by atoms with Crippen molar-refractivity contribution in [3.63, 3.8) is 0 Å². The zero-order chi connectivity index (χ0) is 25.5. The molecule has 0 saturated carbocycles. The lowest BCUT2D eigenvalue weighted by Crippen LogP contribution is -2.48. The molecule has 1 aliphatic rings. The summed E-state index contributed by atoms with van der Waals surface area (Å²) < 4.78 is 21.7. The Morgan fingerprint density at radius 3 is 2.35 bits per heavy atom. The number of amides is 1. The molecule has 1 aromatic carbocycles. The summed E-state index contributed by atoms with van der Waals surface area (Å²) in [4.78, 5) is 50.4. The Kier molecular flexibility index (Phi) is 9.46. The van der Waals surface area contributed by atoms with Crippen molar-refractivity contribution in [2.45, 2.75) is 78.2 Å². The first kappa shape index (κ1) is 27.1. The van der Waals surface area contributed by atoms with Crippen LogP contribution in [0.1, 0.15) is 53.5 Å². The quantitative estimate of drug-likeness (QED) is 0.490. The summed E-state index contributed by atoms with van der Waals surface area (Å²) in [5, 5.41) is 2.39. The SMILES string of the molecule is CC(C)C(=O)O[C@H]1[C@H](C)OC(=O)[C@@H](NC(=O)OC(C)(C)C)COC(=O)[C@@H]1CCc1ccccc1. The third kappa shape index (κ3) is 8.35. The zero-order valence-electron chi connectivity index (χ0n) is 20.7. The number of nitrogens with one attached hydrogen (secondary N) is 1. The predicted octanol–water partition coefficient (Wildman–Crippen LogP) is 3.19. The third-order valence-electron chi connectivity index (χ3n) is 5.14. The van der Waals surface area contributed by atoms with Gasteiger partial charge in [-0.15, -0.1) is 0 Å². The molecule has 188 valence electrons. The van der Waals surface area contributed by atoms with E-state index in [4.69, 9.17) is 18.9 Å². The van der Waals surface area contributed by atoms with Gasteiger partial charge in [0, 0.05) is 0 Å². The van der Waals surface area contributed by atoms with Gasteiger partial charge in [-0.05, 0) is 46.1 Å². The van der Waals surface area contributed by atoms with Gasteiger partial charge >= 0.3 is 24.0 Å². The van der Waals surface area contributed by atoms with Gasteiger partial charge in [0.25, 0.3) is 0 Å². The van der Waals surface area contributed by atoms with E-state index in [0.29, 0.717) is 12.8 Å². The predicted molar refractivity (Wildman–Crippen MR) is 123 cm³/mol. The monoisotopic (exact) mass is 477 g/mol. The fraction of sp³-hybridized carbons (Fsp3) is 0.600. The first-order valence-electron chi connectivity index (χ1n) is 11.5. The molecule has 34 heavy (non-hydrogen) atoms. The van der Waals surface area contributed by atoms with Gasteiger partial charge in [-0.25, -0.2) is 9.59 Å². The Morgan fingerprint density at radius 1 is 1.12 bits per heavy atom. The van der Waals surface area contributed by atoms with Crippen LogP contribution in [0.25, 0.3) is 0 Å². The lowest BCUT2D eigenvalue weighted by Gasteiger charge is -2.29. The van der Waals surface area contributed by atoms with E-state index in [1.54, 1.807) is 41.5 Å². The molecular weight excluding hydrogens is 442 g/mol. The molecule has 0 unspecified atom stereocenters. The lowest BCUT2D eigenvalue weighted by molar-refractivity contribution is -0.176. The van der Waals surface area contributed by atoms with E-state index in [2.05, 4.69) is 5.32 Å². The van der Waals surface area contributed by atoms with Crippen LogP contribution in [-0.4, -0.2) is 54.5 Å². The minimum Gasteiger partial charge on any atom is -0.463 e. The van der Waals surface area contributed by atoms with E-state index < -0.39 is 66.3 Å². The van der Waals surface area contributed by atoms with Crippen molar-refractivity contribution in [2.24, 2.45) is 11.8 Å². The number of cyclic esters (lactones) is 2. The number of ether oxygens (including phenoxy) is 4. The van der Waals surface area contributed by atoms with Crippen molar-refractivity contribution in [3.8, 4) is 0 Å². The van der Waals surface area contributed by atoms with Crippen molar-refractivity contribution >= 4 is 24.0 Å². The van der Waals surface area contributed by atoms with Gasteiger partial charge in [0.15, 0.2) is 12.1 Å². The number of rotatable bonds is 6. The average molecular weight is 478 g/mol. The number of esters is 3. The summed E-state index contributed by atoms with van der Waals surface area (Å²) in [7, 11) is 0. The smallest absolute Gasteiger partial charge is 0.408 e. The number of carbonyl (C=O) groups is 4. The van der Waals surface area contributed by atoms with E-state index in [0.717, 1.165) is 5.56 Å². The largest absolute Gasteiger partial charge is 0.463 e. The van der Waals surface area contributed by atoms with Crippen LogP contribution in [0.2, 0.25) is 0 Å². The van der Waals surface area contributed by atoms with E-state index >= 15 is 0 Å². The molecule has 9 nitrogen and oxygen atoms in total. The van der Waals surface area contributed by atoms with Crippen LogP contribution in [0.15, 0.2) is 30.3 Å². The van der Waals surface area contributed by atoms with Crippen LogP contribution in [0.5, 0.6) is 0 Å². The van der Waals surface area contributed by atoms with Crippen LogP contribution >= 0.6 is 0 Å². The fourth-order valence-corrected chi connectivity index (χ4v) is 3.38. The molecule has 0 spiro atoms. The van der Waals surface area contributed by atoms with Crippen molar-refractivity contribution in [1.82, 2.24) is 5.32 Å². The van der Waals surface area contributed by atoms with Crippen LogP contribution in [-0.2, 0) is 39.8 Å². The normalized spacial score (nSPS) is 23.6. The molecule has 0 radical (unpaired) electrons. The molecule has 0 bridgehead atoms. The topological polar surface area (TPSA) is 117 Å². The molecule has 9 heteroatoms. The molecular formula is C25H35NO8. The Morgan fingerprint density at radius 2 is 1.76 bits per heavy atom. The molecule has 1 fully saturated rings. The second-order valence-electron chi connectivity index (χ2n) is 9.66. The second-order valence-corrected chi connectivity index (χ2v) is 9.66. The zero-order valence-corrected chi connectivity index (χ0v) is 20.7. The van der Waals surface area contributed by atoms with Gasteiger partial charge in [-0.1, -0.05) is 44.2 Å². The Balaban J connectivity index is 2.25. The van der Waals surface area contributed by atoms with E-state index in [1.165, 1.54) is 0 Å². The Bertz CT molecular complexity index is 861. The maximum Gasteiger partial charge on any atom is 0.408 e. The van der Waals surface area contributed by atoms with Crippen LogP contribution in [0.4, 0.5) is 4.79 Å². The van der Waals surface area contributed by atoms with E-state index in [-0.39, 0.29) is 0 Å². The fourth-order valence-electron chi connectivity index (χ4n) is 3.38. The highest BCUT2D eigenvalue weighted by atomic mass is 16.6. The molecule has 1 aliphatic heterocycles. The average Bonchev–Trinajstić information content (AvgIpc) is 2.77. The number of carbonyl (C=O) groups excluding carboxylic acids is 4. The number of hydrogen-bond donors (Lipinski definition) is 1. The van der Waals surface area contributed by atoms with Gasteiger partial charge in [0.1, 0.15) is 18.3 Å². The molecule has 1 amide bonds. The Hall–Kier alpha value is -3.10. The molecule has 1 aromatic rings.